The third-order valence-electron chi connectivity index (χ3n) is 8.95. The Morgan fingerprint density at radius 1 is 0.562 bits per heavy atom. The fraction of sp³-hybridized carbons (Fsp3) is 0.292. The molecule has 0 aliphatic rings. The van der Waals surface area contributed by atoms with Gasteiger partial charge in [-0.05, 0) is 63.1 Å². The van der Waals surface area contributed by atoms with E-state index in [2.05, 4.69) is 20.3 Å². The van der Waals surface area contributed by atoms with Crippen LogP contribution < -0.4 is 9.47 Å². The van der Waals surface area contributed by atoms with Gasteiger partial charge < -0.3 is 47.7 Å². The average molecular weight is 877 g/mol. The maximum absolute atomic E-state index is 11.4. The molecule has 0 saturated heterocycles. The number of oxazole rings is 2. The molecule has 2 N–H and O–H groups in total. The van der Waals surface area contributed by atoms with E-state index in [4.69, 9.17) is 37.5 Å². The first-order valence-electron chi connectivity index (χ1n) is 20.7. The molecule has 0 aliphatic heterocycles. The number of hydrogen-bond donors (Lipinski definition) is 2. The lowest BCUT2D eigenvalue weighted by Gasteiger charge is -2.13. The smallest absolute Gasteiger partial charge is 0.333 e. The lowest BCUT2D eigenvalue weighted by molar-refractivity contribution is -0.150. The highest BCUT2D eigenvalue weighted by Gasteiger charge is 2.21. The van der Waals surface area contributed by atoms with Crippen molar-refractivity contribution in [3.05, 3.63) is 145 Å². The minimum Gasteiger partial charge on any atom is -0.487 e. The summed E-state index contributed by atoms with van der Waals surface area (Å²) in [5.41, 5.74) is 5.67. The van der Waals surface area contributed by atoms with E-state index in [-0.39, 0.29) is 26.1 Å². The molecule has 0 amide bonds. The number of carboxylic acid groups (broad SMARTS) is 2. The Morgan fingerprint density at radius 2 is 1.03 bits per heavy atom. The molecule has 2 heterocycles. The van der Waals surface area contributed by atoms with Crippen LogP contribution in [-0.4, -0.2) is 95.4 Å². The molecule has 6 aromatic rings. The number of benzene rings is 4. The van der Waals surface area contributed by atoms with Crippen LogP contribution in [0, 0.1) is 0 Å². The second kappa shape index (κ2) is 25.6. The van der Waals surface area contributed by atoms with Crippen molar-refractivity contribution in [1.29, 1.82) is 0 Å². The third-order valence-corrected chi connectivity index (χ3v) is 8.95. The molecular formula is C48H52N4O12. The zero-order valence-corrected chi connectivity index (χ0v) is 36.1. The highest BCUT2D eigenvalue weighted by atomic mass is 16.6. The molecule has 4 aromatic carbocycles. The van der Waals surface area contributed by atoms with Crippen LogP contribution in [0.25, 0.3) is 22.5 Å². The molecule has 0 aliphatic carbocycles. The Labute approximate surface area is 371 Å². The van der Waals surface area contributed by atoms with Crippen molar-refractivity contribution in [3.8, 4) is 34.0 Å². The van der Waals surface area contributed by atoms with Crippen LogP contribution in [0.4, 0.5) is 0 Å². The van der Waals surface area contributed by atoms with E-state index in [9.17, 15) is 19.8 Å². The number of hydrogen-bond acceptors (Lipinski definition) is 14. The van der Waals surface area contributed by atoms with Gasteiger partial charge in [0.25, 0.3) is 0 Å². The number of aliphatic carboxylic acids is 2. The van der Waals surface area contributed by atoms with Crippen LogP contribution in [0.5, 0.6) is 11.5 Å². The number of ether oxygens (including phenoxy) is 4. The molecule has 336 valence electrons. The van der Waals surface area contributed by atoms with Crippen molar-refractivity contribution in [1.82, 2.24) is 9.97 Å². The summed E-state index contributed by atoms with van der Waals surface area (Å²) in [6.07, 6.45) is 1.86. The summed E-state index contributed by atoms with van der Waals surface area (Å²) < 4.78 is 33.5. The van der Waals surface area contributed by atoms with Gasteiger partial charge in [0.1, 0.15) is 61.8 Å². The number of carboxylic acids is 2. The molecule has 0 saturated carbocycles. The second-order valence-corrected chi connectivity index (χ2v) is 13.6. The van der Waals surface area contributed by atoms with Gasteiger partial charge in [-0.25, -0.2) is 19.6 Å². The number of aromatic nitrogens is 2. The minimum absolute atomic E-state index is 0.0615. The average Bonchev–Trinajstić information content (AvgIpc) is 4.02. The van der Waals surface area contributed by atoms with Crippen molar-refractivity contribution in [2.45, 2.75) is 52.7 Å². The molecule has 0 bridgehead atoms. The molecule has 0 spiro atoms. The molecule has 64 heavy (non-hydrogen) atoms. The first kappa shape index (κ1) is 47.7. The van der Waals surface area contributed by atoms with E-state index >= 15 is 0 Å². The monoisotopic (exact) mass is 876 g/mol. The summed E-state index contributed by atoms with van der Waals surface area (Å²) in [5.74, 6) is -0.212. The lowest BCUT2D eigenvalue weighted by Crippen LogP contribution is -2.26. The SMILES string of the molecule is CCO/N=C(\COc1ccc(CC(OCC)C(=O)O)cc1)c1nc(-c2ccccc2)co1.CCO/N=C(\COc1cccc(CC(OCC)C(=O)O)c1)c1nc(-c2ccccc2)co1. The Hall–Kier alpha value is -7.30. The second-order valence-electron chi connectivity index (χ2n) is 13.6. The summed E-state index contributed by atoms with van der Waals surface area (Å²) >= 11 is 0. The van der Waals surface area contributed by atoms with E-state index in [0.717, 1.165) is 22.3 Å². The maximum Gasteiger partial charge on any atom is 0.333 e. The van der Waals surface area contributed by atoms with Gasteiger partial charge in [-0.1, -0.05) is 95.2 Å². The largest absolute Gasteiger partial charge is 0.487 e. The van der Waals surface area contributed by atoms with Crippen molar-refractivity contribution in [3.63, 3.8) is 0 Å². The van der Waals surface area contributed by atoms with Gasteiger partial charge in [-0.3, -0.25) is 0 Å². The number of nitrogens with zero attached hydrogens (tertiary/aromatic N) is 4. The van der Waals surface area contributed by atoms with E-state index < -0.39 is 24.1 Å². The number of oxime groups is 2. The van der Waals surface area contributed by atoms with Crippen molar-refractivity contribution in [2.24, 2.45) is 10.3 Å². The Morgan fingerprint density at radius 3 is 1.48 bits per heavy atom. The van der Waals surface area contributed by atoms with E-state index in [1.807, 2.05) is 92.7 Å². The number of carbonyl (C=O) groups is 2. The molecule has 16 nitrogen and oxygen atoms in total. The first-order chi connectivity index (χ1) is 31.2. The van der Waals surface area contributed by atoms with Gasteiger partial charge in [0.15, 0.2) is 23.6 Å². The molecule has 2 atom stereocenters. The molecule has 0 fully saturated rings. The van der Waals surface area contributed by atoms with Crippen LogP contribution in [0.2, 0.25) is 0 Å². The van der Waals surface area contributed by atoms with Crippen molar-refractivity contribution in [2.75, 3.05) is 39.6 Å². The zero-order valence-electron chi connectivity index (χ0n) is 36.1. The Bertz CT molecular complexity index is 2380. The summed E-state index contributed by atoms with van der Waals surface area (Å²) in [6.45, 7) is 8.79. The molecule has 0 radical (unpaired) electrons. The molecule has 6 rings (SSSR count). The Kier molecular flexibility index (Phi) is 19.1. The molecule has 2 aromatic heterocycles. The fourth-order valence-corrected chi connectivity index (χ4v) is 5.89. The first-order valence-corrected chi connectivity index (χ1v) is 20.7. The molecule has 2 unspecified atom stereocenters. The van der Waals surface area contributed by atoms with Crippen LogP contribution in [0.3, 0.4) is 0 Å². The predicted molar refractivity (Wildman–Crippen MR) is 238 cm³/mol. The molecule has 16 heteroatoms. The highest BCUT2D eigenvalue weighted by Crippen LogP contribution is 2.22. The summed E-state index contributed by atoms with van der Waals surface area (Å²) in [7, 11) is 0. The van der Waals surface area contributed by atoms with Gasteiger partial charge in [0.2, 0.25) is 11.8 Å². The van der Waals surface area contributed by atoms with Gasteiger partial charge in [-0.2, -0.15) is 0 Å². The van der Waals surface area contributed by atoms with E-state index in [0.29, 0.717) is 72.5 Å². The highest BCUT2D eigenvalue weighted by molar-refractivity contribution is 5.98. The summed E-state index contributed by atoms with van der Waals surface area (Å²) in [4.78, 5) is 42.0. The summed E-state index contributed by atoms with van der Waals surface area (Å²) in [5, 5.41) is 26.7. The third kappa shape index (κ3) is 15.0. The van der Waals surface area contributed by atoms with Crippen LogP contribution in [0.15, 0.2) is 141 Å². The van der Waals surface area contributed by atoms with Crippen LogP contribution >= 0.6 is 0 Å². The lowest BCUT2D eigenvalue weighted by atomic mass is 10.1. The van der Waals surface area contributed by atoms with E-state index in [1.54, 1.807) is 56.7 Å². The normalized spacial score (nSPS) is 12.4. The predicted octanol–water partition coefficient (Wildman–Crippen LogP) is 8.39. The van der Waals surface area contributed by atoms with Crippen LogP contribution in [-0.2, 0) is 41.6 Å². The summed E-state index contributed by atoms with van der Waals surface area (Å²) in [6, 6.07) is 33.7. The standard InChI is InChI=1S/2C24H26N2O6/c1-3-29-22(24(27)28)14-17-9-8-12-19(13-17)30-16-21(26-32-4-2)23-25-20(15-31-23)18-10-6-5-7-11-18;1-3-29-22(24(27)28)14-17-10-12-19(13-11-17)30-16-21(26-32-4-2)23-25-20(15-31-23)18-8-6-5-7-9-18/h2*5-13,15,22H,3-4,14,16H2,1-2H3,(H,27,28)/b2*26-21+. The van der Waals surface area contributed by atoms with E-state index in [1.165, 1.54) is 0 Å². The quantitative estimate of drug-likeness (QED) is 0.0433. The van der Waals surface area contributed by atoms with Gasteiger partial charge in [0, 0.05) is 37.2 Å². The number of rotatable bonds is 24. The maximum atomic E-state index is 11.4. The Balaban J connectivity index is 0.000000241. The zero-order chi connectivity index (χ0) is 45.5. The van der Waals surface area contributed by atoms with Gasteiger partial charge in [-0.15, -0.1) is 0 Å². The molecular weight excluding hydrogens is 825 g/mol. The fourth-order valence-electron chi connectivity index (χ4n) is 5.89. The van der Waals surface area contributed by atoms with Gasteiger partial charge in [0.05, 0.1) is 0 Å². The van der Waals surface area contributed by atoms with Crippen LogP contribution in [0.1, 0.15) is 50.6 Å². The van der Waals surface area contributed by atoms with Gasteiger partial charge >= 0.3 is 11.9 Å². The topological polar surface area (TPSA) is 207 Å². The van der Waals surface area contributed by atoms with Crippen molar-refractivity contribution >= 4 is 23.4 Å². The minimum atomic E-state index is -0.998. The van der Waals surface area contributed by atoms with Crippen molar-refractivity contribution < 1.29 is 57.3 Å².